The predicted octanol–water partition coefficient (Wildman–Crippen LogP) is 1.89. The minimum Gasteiger partial charge on any atom is -0.435 e. The molecule has 86 valence electrons. The van der Waals surface area contributed by atoms with E-state index in [0.29, 0.717) is 18.5 Å². The van der Waals surface area contributed by atoms with Gasteiger partial charge in [-0.2, -0.15) is 8.78 Å². The van der Waals surface area contributed by atoms with Crippen LogP contribution in [0.15, 0.2) is 24.3 Å². The highest BCUT2D eigenvalue weighted by Crippen LogP contribution is 2.31. The Hall–Kier alpha value is -1.65. The average molecular weight is 227 g/mol. The van der Waals surface area contributed by atoms with Gasteiger partial charge >= 0.3 is 6.61 Å². The number of nitrogens with one attached hydrogen (secondary N) is 1. The van der Waals surface area contributed by atoms with Gasteiger partial charge in [0.1, 0.15) is 5.75 Å². The maximum atomic E-state index is 12.2. The van der Waals surface area contributed by atoms with Crippen LogP contribution in [0.4, 0.5) is 8.78 Å². The van der Waals surface area contributed by atoms with Crippen LogP contribution in [0, 0.1) is 0 Å². The van der Waals surface area contributed by atoms with Crippen molar-refractivity contribution in [3.8, 4) is 5.75 Å². The van der Waals surface area contributed by atoms with Crippen molar-refractivity contribution in [2.45, 2.75) is 19.0 Å². The zero-order chi connectivity index (χ0) is 11.5. The van der Waals surface area contributed by atoms with Crippen molar-refractivity contribution in [3.63, 3.8) is 0 Å². The molecule has 1 fully saturated rings. The van der Waals surface area contributed by atoms with E-state index in [1.807, 2.05) is 0 Å². The third-order valence-corrected chi connectivity index (χ3v) is 2.55. The number of rotatable bonds is 3. The largest absolute Gasteiger partial charge is 0.435 e. The van der Waals surface area contributed by atoms with E-state index in [4.69, 9.17) is 0 Å². The van der Waals surface area contributed by atoms with Gasteiger partial charge in [0.25, 0.3) is 0 Å². The van der Waals surface area contributed by atoms with E-state index in [0.717, 1.165) is 0 Å². The summed E-state index contributed by atoms with van der Waals surface area (Å²) < 4.78 is 28.7. The Bertz CT molecular complexity index is 395. The van der Waals surface area contributed by atoms with Crippen LogP contribution in [-0.4, -0.2) is 19.1 Å². The van der Waals surface area contributed by atoms with Gasteiger partial charge in [-0.05, 0) is 11.6 Å². The Kier molecular flexibility index (Phi) is 3.03. The lowest BCUT2D eigenvalue weighted by atomic mass is 9.97. The van der Waals surface area contributed by atoms with Crippen molar-refractivity contribution >= 4 is 5.91 Å². The van der Waals surface area contributed by atoms with Crippen LogP contribution in [0.2, 0.25) is 0 Å². The molecule has 2 rings (SSSR count). The number of alkyl halides is 2. The number of carbonyl (C=O) groups excluding carboxylic acids is 1. The lowest BCUT2D eigenvalue weighted by Gasteiger charge is -2.14. The summed E-state index contributed by atoms with van der Waals surface area (Å²) in [6, 6.07) is 6.58. The molecule has 5 heteroatoms. The van der Waals surface area contributed by atoms with Crippen molar-refractivity contribution in [1.82, 2.24) is 5.32 Å². The predicted molar refractivity (Wildman–Crippen MR) is 53.4 cm³/mol. The second-order valence-electron chi connectivity index (χ2n) is 3.62. The molecule has 0 spiro atoms. The van der Waals surface area contributed by atoms with Crippen LogP contribution in [0.3, 0.4) is 0 Å². The molecule has 1 heterocycles. The standard InChI is InChI=1S/C11H11F2NO2/c12-11(13)16-9-4-2-1-3-8(9)7-5-10(15)14-6-7/h1-4,7,11H,5-6H2,(H,14,15). The van der Waals surface area contributed by atoms with Gasteiger partial charge in [-0.15, -0.1) is 0 Å². The molecule has 1 aliphatic rings. The molecule has 0 bridgehead atoms. The van der Waals surface area contributed by atoms with Gasteiger partial charge in [0.2, 0.25) is 5.91 Å². The minimum atomic E-state index is -2.84. The normalized spacial score (nSPS) is 19.9. The fourth-order valence-corrected chi connectivity index (χ4v) is 1.85. The summed E-state index contributed by atoms with van der Waals surface area (Å²) in [7, 11) is 0. The molecule has 0 aliphatic carbocycles. The third-order valence-electron chi connectivity index (χ3n) is 2.55. The first kappa shape index (κ1) is 10.9. The Morgan fingerprint density at radius 1 is 1.38 bits per heavy atom. The Morgan fingerprint density at radius 2 is 2.12 bits per heavy atom. The van der Waals surface area contributed by atoms with Gasteiger partial charge in [0.15, 0.2) is 0 Å². The third kappa shape index (κ3) is 2.29. The summed E-state index contributed by atoms with van der Waals surface area (Å²) in [4.78, 5) is 11.1. The van der Waals surface area contributed by atoms with Gasteiger partial charge in [-0.1, -0.05) is 18.2 Å². The highest BCUT2D eigenvalue weighted by Gasteiger charge is 2.26. The molecular weight excluding hydrogens is 216 g/mol. The topological polar surface area (TPSA) is 38.3 Å². The first-order valence-corrected chi connectivity index (χ1v) is 4.97. The van der Waals surface area contributed by atoms with Crippen molar-refractivity contribution in [2.24, 2.45) is 0 Å². The second kappa shape index (κ2) is 4.47. The van der Waals surface area contributed by atoms with Crippen molar-refractivity contribution in [3.05, 3.63) is 29.8 Å². The Labute approximate surface area is 91.4 Å². The number of ether oxygens (including phenoxy) is 1. The summed E-state index contributed by atoms with van der Waals surface area (Å²) in [6.07, 6.45) is 0.323. The first-order valence-electron chi connectivity index (χ1n) is 4.97. The van der Waals surface area contributed by atoms with Crippen LogP contribution in [0.5, 0.6) is 5.75 Å². The molecule has 1 saturated heterocycles. The lowest BCUT2D eigenvalue weighted by molar-refractivity contribution is -0.119. The van der Waals surface area contributed by atoms with Crippen LogP contribution in [0.25, 0.3) is 0 Å². The molecule has 0 aromatic heterocycles. The smallest absolute Gasteiger partial charge is 0.387 e. The Balaban J connectivity index is 2.22. The highest BCUT2D eigenvalue weighted by molar-refractivity contribution is 5.79. The molecule has 0 saturated carbocycles. The summed E-state index contributed by atoms with van der Waals surface area (Å²) in [5, 5.41) is 2.67. The maximum absolute atomic E-state index is 12.2. The molecule has 16 heavy (non-hydrogen) atoms. The zero-order valence-corrected chi connectivity index (χ0v) is 8.45. The second-order valence-corrected chi connectivity index (χ2v) is 3.62. The number of halogens is 2. The molecule has 1 amide bonds. The first-order chi connectivity index (χ1) is 7.66. The number of benzene rings is 1. The van der Waals surface area contributed by atoms with Crippen molar-refractivity contribution in [2.75, 3.05) is 6.54 Å². The van der Waals surface area contributed by atoms with Crippen LogP contribution < -0.4 is 10.1 Å². The Morgan fingerprint density at radius 3 is 2.75 bits per heavy atom. The molecule has 1 N–H and O–H groups in total. The fourth-order valence-electron chi connectivity index (χ4n) is 1.85. The van der Waals surface area contributed by atoms with Crippen molar-refractivity contribution < 1.29 is 18.3 Å². The molecule has 3 nitrogen and oxygen atoms in total. The summed E-state index contributed by atoms with van der Waals surface area (Å²) >= 11 is 0. The number of carbonyl (C=O) groups is 1. The van der Waals surface area contributed by atoms with E-state index in [9.17, 15) is 13.6 Å². The fraction of sp³-hybridized carbons (Fsp3) is 0.364. The summed E-state index contributed by atoms with van der Waals surface area (Å²) in [6.45, 7) is -2.37. The number of amides is 1. The van der Waals surface area contributed by atoms with Gasteiger partial charge < -0.3 is 10.1 Å². The summed E-state index contributed by atoms with van der Waals surface area (Å²) in [5.41, 5.74) is 0.654. The number of para-hydroxylation sites is 1. The number of hydrogen-bond acceptors (Lipinski definition) is 2. The SMILES string of the molecule is O=C1CC(c2ccccc2OC(F)F)CN1. The van der Waals surface area contributed by atoms with Crippen LogP contribution in [0.1, 0.15) is 17.9 Å². The lowest BCUT2D eigenvalue weighted by Crippen LogP contribution is -2.14. The quantitative estimate of drug-likeness (QED) is 0.856. The van der Waals surface area contributed by atoms with E-state index >= 15 is 0 Å². The minimum absolute atomic E-state index is 0.0585. The van der Waals surface area contributed by atoms with E-state index in [1.165, 1.54) is 6.07 Å². The van der Waals surface area contributed by atoms with Gasteiger partial charge in [-0.25, -0.2) is 0 Å². The maximum Gasteiger partial charge on any atom is 0.387 e. The zero-order valence-electron chi connectivity index (χ0n) is 8.45. The molecule has 0 radical (unpaired) electrons. The summed E-state index contributed by atoms with van der Waals surface area (Å²) in [5.74, 6) is 0.0123. The number of hydrogen-bond donors (Lipinski definition) is 1. The van der Waals surface area contributed by atoms with Gasteiger partial charge in [0.05, 0.1) is 0 Å². The molecule has 1 aliphatic heterocycles. The molecule has 1 aromatic rings. The van der Waals surface area contributed by atoms with Crippen LogP contribution in [-0.2, 0) is 4.79 Å². The van der Waals surface area contributed by atoms with Gasteiger partial charge in [-0.3, -0.25) is 4.79 Å². The molecule has 1 aromatic carbocycles. The molecule has 1 atom stereocenters. The monoisotopic (exact) mass is 227 g/mol. The molecule has 1 unspecified atom stereocenters. The average Bonchev–Trinajstić information content (AvgIpc) is 2.65. The molecular formula is C11H11F2NO2. The van der Waals surface area contributed by atoms with E-state index in [2.05, 4.69) is 10.1 Å². The van der Waals surface area contributed by atoms with Crippen molar-refractivity contribution in [1.29, 1.82) is 0 Å². The van der Waals surface area contributed by atoms with Gasteiger partial charge in [0, 0.05) is 18.9 Å². The van der Waals surface area contributed by atoms with Crippen LogP contribution >= 0.6 is 0 Å². The van der Waals surface area contributed by atoms with E-state index in [1.54, 1.807) is 18.2 Å². The van der Waals surface area contributed by atoms with E-state index in [-0.39, 0.29) is 17.6 Å². The van der Waals surface area contributed by atoms with E-state index < -0.39 is 6.61 Å². The highest BCUT2D eigenvalue weighted by atomic mass is 19.3.